The zero-order valence-corrected chi connectivity index (χ0v) is 12.8. The largest absolute Gasteiger partial charge is 0.376 e. The fourth-order valence-electron chi connectivity index (χ4n) is 2.27. The van der Waals surface area contributed by atoms with E-state index in [1.165, 1.54) is 0 Å². The molecule has 0 atom stereocenters. The highest BCUT2D eigenvalue weighted by atomic mass is 35.5. The van der Waals surface area contributed by atoms with Crippen molar-refractivity contribution in [3.63, 3.8) is 0 Å². The van der Waals surface area contributed by atoms with Gasteiger partial charge in [0.05, 0.1) is 17.2 Å². The number of hydrogen-bond acceptors (Lipinski definition) is 3. The molecule has 1 amide bonds. The lowest BCUT2D eigenvalue weighted by Gasteiger charge is -2.40. The summed E-state index contributed by atoms with van der Waals surface area (Å²) in [5.41, 5.74) is 6.33. The third-order valence-corrected chi connectivity index (χ3v) is 4.14. The summed E-state index contributed by atoms with van der Waals surface area (Å²) in [5.74, 6) is 5.45. The lowest BCUT2D eigenvalue weighted by molar-refractivity contribution is -0.0679. The Morgan fingerprint density at radius 2 is 2.29 bits per heavy atom. The molecule has 0 aromatic heterocycles. The number of amides is 1. The molecule has 4 nitrogen and oxygen atoms in total. The third kappa shape index (κ3) is 3.76. The number of halogens is 1. The molecule has 1 fully saturated rings. The predicted octanol–water partition coefficient (Wildman–Crippen LogP) is 1.95. The molecule has 21 heavy (non-hydrogen) atoms. The minimum Gasteiger partial charge on any atom is -0.376 e. The van der Waals surface area contributed by atoms with Crippen LogP contribution in [0.5, 0.6) is 0 Å². The summed E-state index contributed by atoms with van der Waals surface area (Å²) < 4.78 is 5.48. The van der Waals surface area contributed by atoms with E-state index in [9.17, 15) is 4.79 Å². The monoisotopic (exact) mass is 306 g/mol. The molecule has 1 saturated carbocycles. The fraction of sp³-hybridized carbons (Fsp3) is 0.438. The number of hydrogen-bond donors (Lipinski definition) is 2. The Morgan fingerprint density at radius 3 is 2.81 bits per heavy atom. The topological polar surface area (TPSA) is 64.3 Å². The van der Waals surface area contributed by atoms with E-state index in [4.69, 9.17) is 22.1 Å². The van der Waals surface area contributed by atoms with Gasteiger partial charge in [0.25, 0.3) is 5.91 Å². The van der Waals surface area contributed by atoms with Gasteiger partial charge in [-0.25, -0.2) is 0 Å². The van der Waals surface area contributed by atoms with Crippen molar-refractivity contribution in [1.29, 1.82) is 0 Å². The van der Waals surface area contributed by atoms with E-state index >= 15 is 0 Å². The average Bonchev–Trinajstić information content (AvgIpc) is 2.45. The van der Waals surface area contributed by atoms with Crippen LogP contribution in [0.3, 0.4) is 0 Å². The summed E-state index contributed by atoms with van der Waals surface area (Å²) in [6.45, 7) is 0.798. The van der Waals surface area contributed by atoms with E-state index in [1.54, 1.807) is 25.3 Å². The quantitative estimate of drug-likeness (QED) is 0.836. The number of carbonyl (C=O) groups excluding carboxylic acids is 1. The minimum absolute atomic E-state index is 0.154. The van der Waals surface area contributed by atoms with E-state index in [0.29, 0.717) is 22.7 Å². The van der Waals surface area contributed by atoms with Crippen molar-refractivity contribution in [1.82, 2.24) is 5.32 Å². The summed E-state index contributed by atoms with van der Waals surface area (Å²) in [6, 6.07) is 5.06. The molecule has 3 N–H and O–H groups in total. The maximum atomic E-state index is 12.1. The van der Waals surface area contributed by atoms with Crippen LogP contribution in [-0.4, -0.2) is 31.7 Å². The molecule has 1 aliphatic carbocycles. The molecule has 0 unspecified atom stereocenters. The van der Waals surface area contributed by atoms with E-state index in [0.717, 1.165) is 19.3 Å². The average molecular weight is 307 g/mol. The number of methoxy groups -OCH3 is 1. The van der Waals surface area contributed by atoms with Crippen LogP contribution in [0.4, 0.5) is 0 Å². The van der Waals surface area contributed by atoms with Crippen LogP contribution in [0.2, 0.25) is 5.02 Å². The summed E-state index contributed by atoms with van der Waals surface area (Å²) in [4.78, 5) is 12.1. The van der Waals surface area contributed by atoms with Crippen molar-refractivity contribution in [3.8, 4) is 11.8 Å². The molecule has 0 heterocycles. The van der Waals surface area contributed by atoms with Crippen LogP contribution in [-0.2, 0) is 4.74 Å². The van der Waals surface area contributed by atoms with E-state index in [1.807, 2.05) is 0 Å². The Bertz CT molecular complexity index is 580. The van der Waals surface area contributed by atoms with Crippen molar-refractivity contribution in [2.45, 2.75) is 24.9 Å². The van der Waals surface area contributed by atoms with Crippen LogP contribution in [0.15, 0.2) is 18.2 Å². The second-order valence-electron chi connectivity index (χ2n) is 5.12. The number of carbonyl (C=O) groups is 1. The van der Waals surface area contributed by atoms with Crippen molar-refractivity contribution in [2.75, 3.05) is 20.2 Å². The van der Waals surface area contributed by atoms with Gasteiger partial charge in [-0.15, -0.1) is 0 Å². The first-order valence-electron chi connectivity index (χ1n) is 6.92. The van der Waals surface area contributed by atoms with Crippen molar-refractivity contribution < 1.29 is 9.53 Å². The van der Waals surface area contributed by atoms with Gasteiger partial charge in [0, 0.05) is 24.8 Å². The summed E-state index contributed by atoms with van der Waals surface area (Å²) in [6.07, 6.45) is 3.11. The van der Waals surface area contributed by atoms with Gasteiger partial charge in [-0.2, -0.15) is 0 Å². The Hall–Kier alpha value is -1.54. The second kappa shape index (κ2) is 6.95. The molecule has 1 aromatic carbocycles. The van der Waals surface area contributed by atoms with Gasteiger partial charge in [-0.3, -0.25) is 4.79 Å². The Kier molecular flexibility index (Phi) is 5.24. The normalized spacial score (nSPS) is 15.6. The first-order valence-corrected chi connectivity index (χ1v) is 7.30. The Balaban J connectivity index is 2.01. The molecular formula is C16H19ClN2O2. The Morgan fingerprint density at radius 1 is 1.52 bits per heavy atom. The smallest absolute Gasteiger partial charge is 0.251 e. The molecule has 0 aliphatic heterocycles. The maximum Gasteiger partial charge on any atom is 0.251 e. The maximum absolute atomic E-state index is 12.1. The fourth-order valence-corrected chi connectivity index (χ4v) is 2.50. The molecule has 2 rings (SSSR count). The third-order valence-electron chi connectivity index (χ3n) is 3.83. The van der Waals surface area contributed by atoms with Gasteiger partial charge in [0.1, 0.15) is 0 Å². The standard InChI is InChI=1S/C16H19ClN2O2/c1-21-16(7-3-8-16)11-19-15(20)13-6-5-12(4-2-9-18)14(17)10-13/h5-6,10H,3,7-9,11,18H2,1H3,(H,19,20). The number of nitrogens with two attached hydrogens (primary N) is 1. The van der Waals surface area contributed by atoms with Gasteiger partial charge in [0.2, 0.25) is 0 Å². The molecular weight excluding hydrogens is 288 g/mol. The van der Waals surface area contributed by atoms with E-state index < -0.39 is 0 Å². The molecule has 0 spiro atoms. The van der Waals surface area contributed by atoms with Crippen LogP contribution >= 0.6 is 11.6 Å². The number of nitrogens with one attached hydrogen (secondary N) is 1. The molecule has 1 aromatic rings. The number of ether oxygens (including phenoxy) is 1. The van der Waals surface area contributed by atoms with Gasteiger partial charge in [-0.05, 0) is 37.5 Å². The summed E-state index contributed by atoms with van der Waals surface area (Å²) >= 11 is 6.12. The minimum atomic E-state index is -0.188. The zero-order chi connectivity index (χ0) is 15.3. The Labute approximate surface area is 130 Å². The molecule has 0 radical (unpaired) electrons. The molecule has 5 heteroatoms. The van der Waals surface area contributed by atoms with Gasteiger partial charge < -0.3 is 15.8 Å². The van der Waals surface area contributed by atoms with Gasteiger partial charge in [-0.1, -0.05) is 23.4 Å². The molecule has 112 valence electrons. The molecule has 0 bridgehead atoms. The highest BCUT2D eigenvalue weighted by molar-refractivity contribution is 6.32. The highest BCUT2D eigenvalue weighted by Crippen LogP contribution is 2.34. The lowest BCUT2D eigenvalue weighted by Crippen LogP contribution is -2.49. The lowest BCUT2D eigenvalue weighted by atomic mass is 9.80. The van der Waals surface area contributed by atoms with Crippen molar-refractivity contribution in [3.05, 3.63) is 34.3 Å². The highest BCUT2D eigenvalue weighted by Gasteiger charge is 2.37. The van der Waals surface area contributed by atoms with E-state index in [-0.39, 0.29) is 18.1 Å². The zero-order valence-electron chi connectivity index (χ0n) is 12.0. The SMILES string of the molecule is COC1(CNC(=O)c2ccc(C#CCN)c(Cl)c2)CCC1. The molecule has 1 aliphatic rings. The second-order valence-corrected chi connectivity index (χ2v) is 5.53. The van der Waals surface area contributed by atoms with Crippen LogP contribution in [0.25, 0.3) is 0 Å². The van der Waals surface area contributed by atoms with Crippen molar-refractivity contribution >= 4 is 17.5 Å². The number of rotatable bonds is 4. The first kappa shape index (κ1) is 15.8. The van der Waals surface area contributed by atoms with Gasteiger partial charge >= 0.3 is 0 Å². The van der Waals surface area contributed by atoms with Crippen LogP contribution in [0.1, 0.15) is 35.2 Å². The van der Waals surface area contributed by atoms with Gasteiger partial charge in [0.15, 0.2) is 0 Å². The van der Waals surface area contributed by atoms with Crippen LogP contribution in [0, 0.1) is 11.8 Å². The first-order chi connectivity index (χ1) is 10.1. The number of benzene rings is 1. The predicted molar refractivity (Wildman–Crippen MR) is 83.3 cm³/mol. The van der Waals surface area contributed by atoms with Crippen LogP contribution < -0.4 is 11.1 Å². The summed E-state index contributed by atoms with van der Waals surface area (Å²) in [7, 11) is 1.69. The molecule has 0 saturated heterocycles. The van der Waals surface area contributed by atoms with E-state index in [2.05, 4.69) is 17.2 Å². The van der Waals surface area contributed by atoms with Crippen molar-refractivity contribution in [2.24, 2.45) is 5.73 Å². The summed E-state index contributed by atoms with van der Waals surface area (Å²) in [5, 5.41) is 3.36.